The fourth-order valence-corrected chi connectivity index (χ4v) is 2.64. The van der Waals surface area contributed by atoms with Gasteiger partial charge in [0.25, 0.3) is 0 Å². The zero-order valence-corrected chi connectivity index (χ0v) is 12.2. The Kier molecular flexibility index (Phi) is 5.70. The van der Waals surface area contributed by atoms with E-state index in [0.29, 0.717) is 19.1 Å². The second-order valence-corrected chi connectivity index (χ2v) is 5.52. The monoisotopic (exact) mass is 295 g/mol. The van der Waals surface area contributed by atoms with Gasteiger partial charge >= 0.3 is 0 Å². The number of benzene rings is 1. The number of aliphatic hydroxyl groups is 1. The van der Waals surface area contributed by atoms with Gasteiger partial charge in [-0.2, -0.15) is 0 Å². The molecular formula is C16H22FNO3. The Bertz CT molecular complexity index is 474. The van der Waals surface area contributed by atoms with Crippen LogP contribution in [0.3, 0.4) is 0 Å². The summed E-state index contributed by atoms with van der Waals surface area (Å²) in [7, 11) is 0. The molecule has 116 valence electrons. The number of halogens is 1. The van der Waals surface area contributed by atoms with Crippen LogP contribution in [0, 0.1) is 17.7 Å². The smallest absolute Gasteiger partial charge is 0.223 e. The SMILES string of the molecule is CC(C(=O)NCC(O)c1ccccc1F)C1CCOCC1. The summed E-state index contributed by atoms with van der Waals surface area (Å²) in [5, 5.41) is 12.7. The van der Waals surface area contributed by atoms with Crippen molar-refractivity contribution in [3.05, 3.63) is 35.6 Å². The average molecular weight is 295 g/mol. The van der Waals surface area contributed by atoms with E-state index in [9.17, 15) is 14.3 Å². The van der Waals surface area contributed by atoms with Crippen LogP contribution >= 0.6 is 0 Å². The first-order chi connectivity index (χ1) is 10.1. The summed E-state index contributed by atoms with van der Waals surface area (Å²) in [5.74, 6) is -0.375. The van der Waals surface area contributed by atoms with Crippen LogP contribution in [0.4, 0.5) is 4.39 Å². The summed E-state index contributed by atoms with van der Waals surface area (Å²) in [6, 6.07) is 6.05. The maximum absolute atomic E-state index is 13.5. The van der Waals surface area contributed by atoms with E-state index in [2.05, 4.69) is 5.32 Å². The van der Waals surface area contributed by atoms with Crippen molar-refractivity contribution in [3.8, 4) is 0 Å². The van der Waals surface area contributed by atoms with E-state index in [1.54, 1.807) is 12.1 Å². The number of carbonyl (C=O) groups is 1. The molecule has 1 heterocycles. The molecule has 2 atom stereocenters. The number of hydrogen-bond donors (Lipinski definition) is 2. The van der Waals surface area contributed by atoms with Crippen LogP contribution in [0.1, 0.15) is 31.4 Å². The van der Waals surface area contributed by atoms with Crippen LogP contribution in [-0.4, -0.2) is 30.8 Å². The van der Waals surface area contributed by atoms with E-state index < -0.39 is 11.9 Å². The highest BCUT2D eigenvalue weighted by Gasteiger charge is 2.26. The van der Waals surface area contributed by atoms with Crippen molar-refractivity contribution >= 4 is 5.91 Å². The molecule has 0 aliphatic carbocycles. The molecule has 0 radical (unpaired) electrons. The molecule has 1 amide bonds. The fourth-order valence-electron chi connectivity index (χ4n) is 2.64. The van der Waals surface area contributed by atoms with Gasteiger partial charge in [-0.3, -0.25) is 4.79 Å². The lowest BCUT2D eigenvalue weighted by atomic mass is 9.87. The molecule has 2 rings (SSSR count). The van der Waals surface area contributed by atoms with E-state index >= 15 is 0 Å². The Morgan fingerprint density at radius 3 is 2.76 bits per heavy atom. The highest BCUT2D eigenvalue weighted by molar-refractivity contribution is 5.78. The third-order valence-corrected chi connectivity index (χ3v) is 4.12. The minimum atomic E-state index is -1.03. The Labute approximate surface area is 124 Å². The zero-order valence-electron chi connectivity index (χ0n) is 12.2. The summed E-state index contributed by atoms with van der Waals surface area (Å²) >= 11 is 0. The average Bonchev–Trinajstić information content (AvgIpc) is 2.52. The van der Waals surface area contributed by atoms with Gasteiger partial charge in [0.15, 0.2) is 0 Å². The molecule has 1 aromatic carbocycles. The summed E-state index contributed by atoms with van der Waals surface area (Å²) in [6.07, 6.45) is 0.728. The van der Waals surface area contributed by atoms with Gasteiger partial charge < -0.3 is 15.2 Å². The molecule has 0 saturated carbocycles. The number of aliphatic hydroxyl groups excluding tert-OH is 1. The van der Waals surface area contributed by atoms with E-state index in [1.807, 2.05) is 6.92 Å². The Morgan fingerprint density at radius 1 is 1.43 bits per heavy atom. The van der Waals surface area contributed by atoms with Crippen LogP contribution in [0.2, 0.25) is 0 Å². The highest BCUT2D eigenvalue weighted by atomic mass is 19.1. The topological polar surface area (TPSA) is 58.6 Å². The van der Waals surface area contributed by atoms with Crippen molar-refractivity contribution in [1.82, 2.24) is 5.32 Å². The molecule has 1 fully saturated rings. The van der Waals surface area contributed by atoms with Crippen molar-refractivity contribution < 1.29 is 19.0 Å². The van der Waals surface area contributed by atoms with E-state index in [0.717, 1.165) is 12.8 Å². The van der Waals surface area contributed by atoms with Crippen LogP contribution in [-0.2, 0) is 9.53 Å². The minimum Gasteiger partial charge on any atom is -0.386 e. The molecule has 4 nitrogen and oxygen atoms in total. The lowest BCUT2D eigenvalue weighted by molar-refractivity contribution is -0.127. The van der Waals surface area contributed by atoms with Crippen molar-refractivity contribution in [2.75, 3.05) is 19.8 Å². The van der Waals surface area contributed by atoms with Gasteiger partial charge in [-0.1, -0.05) is 25.1 Å². The van der Waals surface area contributed by atoms with Gasteiger partial charge in [-0.05, 0) is 24.8 Å². The number of carbonyl (C=O) groups excluding carboxylic acids is 1. The Hall–Kier alpha value is -1.46. The molecule has 2 unspecified atom stereocenters. The molecule has 0 spiro atoms. The summed E-state index contributed by atoms with van der Waals surface area (Å²) < 4.78 is 18.8. The Balaban J connectivity index is 1.84. The molecule has 1 saturated heterocycles. The molecule has 1 aromatic rings. The van der Waals surface area contributed by atoms with Crippen molar-refractivity contribution in [1.29, 1.82) is 0 Å². The summed E-state index contributed by atoms with van der Waals surface area (Å²) in [6.45, 7) is 3.30. The molecule has 1 aliphatic heterocycles. The third kappa shape index (κ3) is 4.25. The zero-order chi connectivity index (χ0) is 15.2. The summed E-state index contributed by atoms with van der Waals surface area (Å²) in [5.41, 5.74) is 0.205. The predicted octanol–water partition coefficient (Wildman–Crippen LogP) is 2.04. The van der Waals surface area contributed by atoms with E-state index in [4.69, 9.17) is 4.74 Å². The first-order valence-electron chi connectivity index (χ1n) is 7.37. The van der Waals surface area contributed by atoms with Crippen LogP contribution in [0.5, 0.6) is 0 Å². The minimum absolute atomic E-state index is 0.0212. The van der Waals surface area contributed by atoms with Gasteiger partial charge in [-0.15, -0.1) is 0 Å². The number of nitrogens with one attached hydrogen (secondary N) is 1. The first kappa shape index (κ1) is 15.9. The Morgan fingerprint density at radius 2 is 2.10 bits per heavy atom. The van der Waals surface area contributed by atoms with Gasteiger partial charge in [0.2, 0.25) is 5.91 Å². The lowest BCUT2D eigenvalue weighted by Crippen LogP contribution is -2.37. The van der Waals surface area contributed by atoms with E-state index in [-0.39, 0.29) is 23.9 Å². The molecule has 0 bridgehead atoms. The fraction of sp³-hybridized carbons (Fsp3) is 0.562. The molecule has 2 N–H and O–H groups in total. The molecule has 21 heavy (non-hydrogen) atoms. The standard InChI is InChI=1S/C16H22FNO3/c1-11(12-6-8-21-9-7-12)16(20)18-10-15(19)13-4-2-3-5-14(13)17/h2-5,11-12,15,19H,6-10H2,1H3,(H,18,20). The molecule has 1 aliphatic rings. The van der Waals surface area contributed by atoms with Gasteiger partial charge in [0, 0.05) is 31.2 Å². The third-order valence-electron chi connectivity index (χ3n) is 4.12. The van der Waals surface area contributed by atoms with E-state index in [1.165, 1.54) is 12.1 Å². The predicted molar refractivity (Wildman–Crippen MR) is 77.1 cm³/mol. The first-order valence-corrected chi connectivity index (χ1v) is 7.37. The number of hydrogen-bond acceptors (Lipinski definition) is 3. The van der Waals surface area contributed by atoms with Crippen molar-refractivity contribution in [3.63, 3.8) is 0 Å². The quantitative estimate of drug-likeness (QED) is 0.874. The molecular weight excluding hydrogens is 273 g/mol. The number of ether oxygens (including phenoxy) is 1. The maximum atomic E-state index is 13.5. The maximum Gasteiger partial charge on any atom is 0.223 e. The highest BCUT2D eigenvalue weighted by Crippen LogP contribution is 2.24. The van der Waals surface area contributed by atoms with Gasteiger partial charge in [-0.25, -0.2) is 4.39 Å². The van der Waals surface area contributed by atoms with Crippen LogP contribution in [0.15, 0.2) is 24.3 Å². The summed E-state index contributed by atoms with van der Waals surface area (Å²) in [4.78, 5) is 12.1. The largest absolute Gasteiger partial charge is 0.386 e. The van der Waals surface area contributed by atoms with Crippen LogP contribution in [0.25, 0.3) is 0 Å². The second-order valence-electron chi connectivity index (χ2n) is 5.52. The van der Waals surface area contributed by atoms with Crippen molar-refractivity contribution in [2.45, 2.75) is 25.9 Å². The lowest BCUT2D eigenvalue weighted by Gasteiger charge is -2.27. The van der Waals surface area contributed by atoms with Gasteiger partial charge in [0.1, 0.15) is 5.82 Å². The number of amides is 1. The molecule has 5 heteroatoms. The molecule has 0 aromatic heterocycles. The second kappa shape index (κ2) is 7.52. The van der Waals surface area contributed by atoms with Gasteiger partial charge in [0.05, 0.1) is 6.10 Å². The normalized spacial score (nSPS) is 19.0. The van der Waals surface area contributed by atoms with Crippen molar-refractivity contribution in [2.24, 2.45) is 11.8 Å². The van der Waals surface area contributed by atoms with Crippen LogP contribution < -0.4 is 5.32 Å². The number of rotatable bonds is 5.